The van der Waals surface area contributed by atoms with Gasteiger partial charge in [-0.05, 0) is 52.5 Å². The first-order chi connectivity index (χ1) is 7.77. The molecule has 0 aromatic heterocycles. The average molecular weight is 224 g/mol. The Kier molecular flexibility index (Phi) is 4.66. The molecule has 2 nitrogen and oxygen atoms in total. The van der Waals surface area contributed by atoms with Gasteiger partial charge in [0.2, 0.25) is 0 Å². The summed E-state index contributed by atoms with van der Waals surface area (Å²) in [6, 6.07) is 2.43. The molecule has 0 bridgehead atoms. The molecule has 94 valence electrons. The van der Waals surface area contributed by atoms with Gasteiger partial charge in [-0.2, -0.15) is 0 Å². The van der Waals surface area contributed by atoms with E-state index in [-0.39, 0.29) is 0 Å². The molecule has 2 aliphatic heterocycles. The first-order valence-electron chi connectivity index (χ1n) is 7.26. The molecule has 0 radical (unpaired) electrons. The molecule has 0 aromatic rings. The van der Waals surface area contributed by atoms with Crippen molar-refractivity contribution in [1.29, 1.82) is 0 Å². The lowest BCUT2D eigenvalue weighted by atomic mass is 9.95. The average Bonchev–Trinajstić information content (AvgIpc) is 2.30. The van der Waals surface area contributed by atoms with Crippen molar-refractivity contribution in [3.8, 4) is 0 Å². The van der Waals surface area contributed by atoms with Gasteiger partial charge in [-0.15, -0.1) is 0 Å². The van der Waals surface area contributed by atoms with Gasteiger partial charge in [0.05, 0.1) is 0 Å². The standard InChI is InChI=1S/C14H28N2/c1-12-6-5-7-13(2)16(12)11-9-14-8-3-4-10-15-14/h12-15H,3-11H2,1-2H3. The molecule has 2 fully saturated rings. The monoisotopic (exact) mass is 224 g/mol. The maximum Gasteiger partial charge on any atom is 0.00792 e. The lowest BCUT2D eigenvalue weighted by Gasteiger charge is -2.40. The van der Waals surface area contributed by atoms with E-state index in [4.69, 9.17) is 0 Å². The van der Waals surface area contributed by atoms with Crippen molar-refractivity contribution in [1.82, 2.24) is 10.2 Å². The van der Waals surface area contributed by atoms with Crippen LogP contribution in [0.4, 0.5) is 0 Å². The second-order valence-electron chi connectivity index (χ2n) is 5.80. The highest BCUT2D eigenvalue weighted by Gasteiger charge is 2.25. The Hall–Kier alpha value is -0.0800. The molecule has 16 heavy (non-hydrogen) atoms. The highest BCUT2D eigenvalue weighted by atomic mass is 15.2. The Morgan fingerprint density at radius 2 is 1.75 bits per heavy atom. The largest absolute Gasteiger partial charge is 0.314 e. The molecule has 2 rings (SSSR count). The van der Waals surface area contributed by atoms with Crippen molar-refractivity contribution in [2.24, 2.45) is 0 Å². The minimum absolute atomic E-state index is 0.801. The predicted octanol–water partition coefficient (Wildman–Crippen LogP) is 2.78. The van der Waals surface area contributed by atoms with Crippen LogP contribution in [0, 0.1) is 0 Å². The maximum absolute atomic E-state index is 3.66. The number of nitrogens with one attached hydrogen (secondary N) is 1. The predicted molar refractivity (Wildman–Crippen MR) is 69.7 cm³/mol. The first-order valence-corrected chi connectivity index (χ1v) is 7.26. The number of hydrogen-bond donors (Lipinski definition) is 1. The van der Waals surface area contributed by atoms with Gasteiger partial charge in [0, 0.05) is 24.7 Å². The Morgan fingerprint density at radius 1 is 1.00 bits per heavy atom. The summed E-state index contributed by atoms with van der Waals surface area (Å²) in [6.45, 7) is 7.36. The van der Waals surface area contributed by atoms with Gasteiger partial charge in [0.25, 0.3) is 0 Å². The van der Waals surface area contributed by atoms with E-state index in [0.29, 0.717) is 0 Å². The Balaban J connectivity index is 1.74. The lowest BCUT2D eigenvalue weighted by molar-refractivity contribution is 0.0966. The van der Waals surface area contributed by atoms with E-state index in [9.17, 15) is 0 Å². The molecule has 0 amide bonds. The van der Waals surface area contributed by atoms with E-state index in [0.717, 1.165) is 18.1 Å². The summed E-state index contributed by atoms with van der Waals surface area (Å²) >= 11 is 0. The van der Waals surface area contributed by atoms with Gasteiger partial charge in [-0.3, -0.25) is 4.90 Å². The van der Waals surface area contributed by atoms with E-state index in [1.54, 1.807) is 0 Å². The second kappa shape index (κ2) is 6.02. The van der Waals surface area contributed by atoms with Gasteiger partial charge in [-0.25, -0.2) is 0 Å². The minimum Gasteiger partial charge on any atom is -0.314 e. The van der Waals surface area contributed by atoms with Gasteiger partial charge in [-0.1, -0.05) is 12.8 Å². The molecule has 2 heterocycles. The van der Waals surface area contributed by atoms with E-state index in [1.165, 1.54) is 58.0 Å². The third-order valence-electron chi connectivity index (χ3n) is 4.52. The normalized spacial score (nSPS) is 37.5. The number of likely N-dealkylation sites (tertiary alicyclic amines) is 1. The summed E-state index contributed by atoms with van der Waals surface area (Å²) in [5, 5.41) is 3.66. The van der Waals surface area contributed by atoms with Crippen molar-refractivity contribution >= 4 is 0 Å². The molecule has 0 spiro atoms. The molecule has 2 aliphatic rings. The summed E-state index contributed by atoms with van der Waals surface area (Å²) in [5.74, 6) is 0. The summed E-state index contributed by atoms with van der Waals surface area (Å²) in [5.41, 5.74) is 0. The maximum atomic E-state index is 3.66. The van der Waals surface area contributed by atoms with Crippen LogP contribution in [0.1, 0.15) is 58.8 Å². The SMILES string of the molecule is CC1CCCC(C)N1CCC1CCCCN1. The fraction of sp³-hybridized carbons (Fsp3) is 1.00. The molecule has 0 saturated carbocycles. The smallest absolute Gasteiger partial charge is 0.00792 e. The number of rotatable bonds is 3. The summed E-state index contributed by atoms with van der Waals surface area (Å²) in [6.07, 6.45) is 9.81. The van der Waals surface area contributed by atoms with E-state index < -0.39 is 0 Å². The third kappa shape index (κ3) is 3.21. The molecular formula is C14H28N2. The molecule has 0 aromatic carbocycles. The fourth-order valence-corrected chi connectivity index (χ4v) is 3.39. The molecule has 3 unspecified atom stereocenters. The van der Waals surface area contributed by atoms with E-state index in [1.807, 2.05) is 0 Å². The zero-order valence-corrected chi connectivity index (χ0v) is 11.0. The number of hydrogen-bond acceptors (Lipinski definition) is 2. The van der Waals surface area contributed by atoms with E-state index in [2.05, 4.69) is 24.1 Å². The van der Waals surface area contributed by atoms with Gasteiger partial charge in [0.15, 0.2) is 0 Å². The number of nitrogens with zero attached hydrogens (tertiary/aromatic N) is 1. The van der Waals surface area contributed by atoms with Gasteiger partial charge in [0.1, 0.15) is 0 Å². The summed E-state index contributed by atoms with van der Waals surface area (Å²) in [4.78, 5) is 2.74. The molecule has 2 heteroatoms. The Morgan fingerprint density at radius 3 is 2.38 bits per heavy atom. The van der Waals surface area contributed by atoms with Crippen LogP contribution in [0.15, 0.2) is 0 Å². The molecule has 3 atom stereocenters. The molecular weight excluding hydrogens is 196 g/mol. The van der Waals surface area contributed by atoms with Crippen LogP contribution < -0.4 is 5.32 Å². The van der Waals surface area contributed by atoms with Crippen molar-refractivity contribution in [3.63, 3.8) is 0 Å². The zero-order chi connectivity index (χ0) is 11.4. The third-order valence-corrected chi connectivity index (χ3v) is 4.52. The van der Waals surface area contributed by atoms with Crippen LogP contribution >= 0.6 is 0 Å². The Labute approximate surface area is 101 Å². The van der Waals surface area contributed by atoms with Crippen molar-refractivity contribution in [2.45, 2.75) is 76.9 Å². The van der Waals surface area contributed by atoms with E-state index >= 15 is 0 Å². The van der Waals surface area contributed by atoms with Crippen molar-refractivity contribution in [2.75, 3.05) is 13.1 Å². The molecule has 0 aliphatic carbocycles. The van der Waals surface area contributed by atoms with Crippen LogP contribution in [-0.4, -0.2) is 36.1 Å². The first kappa shape index (κ1) is 12.4. The minimum atomic E-state index is 0.801. The van der Waals surface area contributed by atoms with Crippen LogP contribution in [-0.2, 0) is 0 Å². The topological polar surface area (TPSA) is 15.3 Å². The Bertz CT molecular complexity index is 189. The fourth-order valence-electron chi connectivity index (χ4n) is 3.39. The second-order valence-corrected chi connectivity index (χ2v) is 5.80. The van der Waals surface area contributed by atoms with Crippen LogP contribution in [0.2, 0.25) is 0 Å². The van der Waals surface area contributed by atoms with Gasteiger partial charge < -0.3 is 5.32 Å². The molecule has 2 saturated heterocycles. The van der Waals surface area contributed by atoms with Crippen LogP contribution in [0.25, 0.3) is 0 Å². The van der Waals surface area contributed by atoms with Crippen LogP contribution in [0.5, 0.6) is 0 Å². The summed E-state index contributed by atoms with van der Waals surface area (Å²) in [7, 11) is 0. The lowest BCUT2D eigenvalue weighted by Crippen LogP contribution is -2.46. The number of piperidine rings is 2. The van der Waals surface area contributed by atoms with Crippen LogP contribution in [0.3, 0.4) is 0 Å². The molecule has 1 N–H and O–H groups in total. The highest BCUT2D eigenvalue weighted by molar-refractivity contribution is 4.81. The summed E-state index contributed by atoms with van der Waals surface area (Å²) < 4.78 is 0. The zero-order valence-electron chi connectivity index (χ0n) is 11.0. The quantitative estimate of drug-likeness (QED) is 0.793. The van der Waals surface area contributed by atoms with Crippen molar-refractivity contribution in [3.05, 3.63) is 0 Å². The highest BCUT2D eigenvalue weighted by Crippen LogP contribution is 2.23. The van der Waals surface area contributed by atoms with Gasteiger partial charge >= 0.3 is 0 Å². The van der Waals surface area contributed by atoms with Crippen molar-refractivity contribution < 1.29 is 0 Å².